The first kappa shape index (κ1) is 13.9. The van der Waals surface area contributed by atoms with Crippen LogP contribution in [0.4, 0.5) is 0 Å². The number of aliphatic hydroxyl groups is 1. The fourth-order valence-electron chi connectivity index (χ4n) is 1.81. The molecule has 102 valence electrons. The van der Waals surface area contributed by atoms with E-state index in [0.717, 1.165) is 5.69 Å². The molecule has 0 bridgehead atoms. The van der Waals surface area contributed by atoms with Crippen LogP contribution in [0.15, 0.2) is 39.5 Å². The van der Waals surface area contributed by atoms with Gasteiger partial charge in [0.2, 0.25) is 0 Å². The fourth-order valence-corrected chi connectivity index (χ4v) is 2.12. The summed E-state index contributed by atoms with van der Waals surface area (Å²) in [6.07, 6.45) is 1.73. The van der Waals surface area contributed by atoms with Crippen LogP contribution < -0.4 is 5.32 Å². The highest BCUT2D eigenvalue weighted by Crippen LogP contribution is 2.16. The highest BCUT2D eigenvalue weighted by Gasteiger charge is 2.13. The van der Waals surface area contributed by atoms with Gasteiger partial charge in [0.05, 0.1) is 6.10 Å². The summed E-state index contributed by atoms with van der Waals surface area (Å²) in [4.78, 5) is 11.7. The van der Waals surface area contributed by atoms with Gasteiger partial charge in [-0.05, 0) is 46.6 Å². The molecule has 0 saturated carbocycles. The number of nitrogens with one attached hydrogen (secondary N) is 1. The van der Waals surface area contributed by atoms with Crippen LogP contribution in [0.5, 0.6) is 0 Å². The maximum Gasteiger partial charge on any atom is 0.287 e. The molecule has 2 N–H and O–H groups in total. The van der Waals surface area contributed by atoms with E-state index in [0.29, 0.717) is 17.6 Å². The number of rotatable bonds is 5. The number of furan rings is 1. The smallest absolute Gasteiger partial charge is 0.287 e. The SMILES string of the molecule is Cn1cccc1[C@@H](O)CCNC(=O)c1ccc(Br)o1. The second-order valence-corrected chi connectivity index (χ2v) is 4.99. The Balaban J connectivity index is 1.81. The van der Waals surface area contributed by atoms with E-state index >= 15 is 0 Å². The van der Waals surface area contributed by atoms with Gasteiger partial charge in [0.15, 0.2) is 10.4 Å². The van der Waals surface area contributed by atoms with E-state index in [9.17, 15) is 9.90 Å². The van der Waals surface area contributed by atoms with Crippen molar-refractivity contribution >= 4 is 21.8 Å². The Morgan fingerprint density at radius 1 is 1.53 bits per heavy atom. The lowest BCUT2D eigenvalue weighted by molar-refractivity contribution is 0.0912. The van der Waals surface area contributed by atoms with Crippen LogP contribution in [-0.2, 0) is 7.05 Å². The van der Waals surface area contributed by atoms with Gasteiger partial charge in [-0.3, -0.25) is 4.79 Å². The number of aliphatic hydroxyl groups excluding tert-OH is 1. The molecule has 2 aromatic rings. The van der Waals surface area contributed by atoms with Gasteiger partial charge < -0.3 is 19.4 Å². The summed E-state index contributed by atoms with van der Waals surface area (Å²) in [6.45, 7) is 0.378. The largest absolute Gasteiger partial charge is 0.444 e. The van der Waals surface area contributed by atoms with E-state index in [1.165, 1.54) is 0 Å². The predicted molar refractivity (Wildman–Crippen MR) is 73.7 cm³/mol. The Bertz CT molecular complexity index is 562. The van der Waals surface area contributed by atoms with Crippen LogP contribution >= 0.6 is 15.9 Å². The molecular weight excluding hydrogens is 312 g/mol. The number of hydrogen-bond donors (Lipinski definition) is 2. The summed E-state index contributed by atoms with van der Waals surface area (Å²) in [5.41, 5.74) is 0.829. The molecule has 2 rings (SSSR count). The standard InChI is InChI=1S/C13H15BrN2O3/c1-16-8-2-3-9(16)10(17)6-7-15-13(18)11-4-5-12(14)19-11/h2-5,8,10,17H,6-7H2,1H3,(H,15,18)/t10-/m0/s1. The van der Waals surface area contributed by atoms with E-state index in [4.69, 9.17) is 4.42 Å². The summed E-state index contributed by atoms with van der Waals surface area (Å²) in [5, 5.41) is 12.7. The molecule has 0 saturated heterocycles. The summed E-state index contributed by atoms with van der Waals surface area (Å²) in [7, 11) is 1.87. The molecule has 1 amide bonds. The van der Waals surface area contributed by atoms with Gasteiger partial charge in [-0.1, -0.05) is 0 Å². The zero-order chi connectivity index (χ0) is 13.8. The molecule has 0 aliphatic rings. The third-order valence-electron chi connectivity index (χ3n) is 2.83. The zero-order valence-corrected chi connectivity index (χ0v) is 12.1. The molecule has 5 nitrogen and oxygen atoms in total. The van der Waals surface area contributed by atoms with E-state index in [1.54, 1.807) is 12.1 Å². The van der Waals surface area contributed by atoms with Crippen LogP contribution in [0.3, 0.4) is 0 Å². The quantitative estimate of drug-likeness (QED) is 0.885. The average molecular weight is 327 g/mol. The van der Waals surface area contributed by atoms with Crippen molar-refractivity contribution in [3.63, 3.8) is 0 Å². The Labute approximate surface area is 119 Å². The topological polar surface area (TPSA) is 67.4 Å². The highest BCUT2D eigenvalue weighted by molar-refractivity contribution is 9.10. The lowest BCUT2D eigenvalue weighted by atomic mass is 10.2. The van der Waals surface area contributed by atoms with E-state index in [2.05, 4.69) is 21.2 Å². The first-order valence-electron chi connectivity index (χ1n) is 5.91. The van der Waals surface area contributed by atoms with Gasteiger partial charge in [0.25, 0.3) is 5.91 Å². The van der Waals surface area contributed by atoms with Crippen molar-refractivity contribution in [2.24, 2.45) is 7.05 Å². The Morgan fingerprint density at radius 2 is 2.32 bits per heavy atom. The van der Waals surface area contributed by atoms with Crippen molar-refractivity contribution < 1.29 is 14.3 Å². The van der Waals surface area contributed by atoms with Gasteiger partial charge in [-0.25, -0.2) is 0 Å². The first-order valence-corrected chi connectivity index (χ1v) is 6.70. The van der Waals surface area contributed by atoms with Crippen molar-refractivity contribution in [2.75, 3.05) is 6.54 Å². The molecule has 0 radical (unpaired) electrons. The van der Waals surface area contributed by atoms with Crippen LogP contribution in [0.1, 0.15) is 28.8 Å². The molecule has 0 aliphatic carbocycles. The molecule has 1 atom stereocenters. The van der Waals surface area contributed by atoms with E-state index in [1.807, 2.05) is 29.9 Å². The molecule has 2 heterocycles. The molecule has 0 unspecified atom stereocenters. The lowest BCUT2D eigenvalue weighted by Gasteiger charge is -2.12. The summed E-state index contributed by atoms with van der Waals surface area (Å²) in [5.74, 6) is -0.0370. The molecule has 0 aromatic carbocycles. The van der Waals surface area contributed by atoms with E-state index in [-0.39, 0.29) is 11.7 Å². The van der Waals surface area contributed by atoms with Crippen molar-refractivity contribution in [3.05, 3.63) is 46.6 Å². The molecular formula is C13H15BrN2O3. The van der Waals surface area contributed by atoms with Crippen molar-refractivity contribution in [2.45, 2.75) is 12.5 Å². The zero-order valence-electron chi connectivity index (χ0n) is 10.5. The molecule has 2 aromatic heterocycles. The predicted octanol–water partition coefficient (Wildman–Crippen LogP) is 2.23. The Morgan fingerprint density at radius 3 is 2.89 bits per heavy atom. The van der Waals surface area contributed by atoms with Gasteiger partial charge in [-0.2, -0.15) is 0 Å². The first-order chi connectivity index (χ1) is 9.08. The Hall–Kier alpha value is -1.53. The normalized spacial score (nSPS) is 12.4. The van der Waals surface area contributed by atoms with Crippen molar-refractivity contribution in [1.29, 1.82) is 0 Å². The number of hydrogen-bond acceptors (Lipinski definition) is 3. The third kappa shape index (κ3) is 3.48. The number of halogens is 1. The lowest BCUT2D eigenvalue weighted by Crippen LogP contribution is -2.25. The minimum atomic E-state index is -0.594. The van der Waals surface area contributed by atoms with Crippen LogP contribution in [-0.4, -0.2) is 22.1 Å². The molecule has 0 fully saturated rings. The summed E-state index contributed by atoms with van der Waals surface area (Å²) in [6, 6.07) is 6.98. The van der Waals surface area contributed by atoms with Crippen LogP contribution in [0.2, 0.25) is 0 Å². The van der Waals surface area contributed by atoms with Crippen LogP contribution in [0.25, 0.3) is 0 Å². The number of carbonyl (C=O) groups is 1. The van der Waals surface area contributed by atoms with Crippen molar-refractivity contribution in [1.82, 2.24) is 9.88 Å². The molecule has 0 spiro atoms. The third-order valence-corrected chi connectivity index (χ3v) is 3.25. The number of carbonyl (C=O) groups excluding carboxylic acids is 1. The second-order valence-electron chi connectivity index (χ2n) is 4.21. The Kier molecular flexibility index (Phi) is 4.44. The fraction of sp³-hybridized carbons (Fsp3) is 0.308. The second kappa shape index (κ2) is 6.08. The number of nitrogens with zero attached hydrogens (tertiary/aromatic N) is 1. The summed E-state index contributed by atoms with van der Waals surface area (Å²) >= 11 is 3.14. The maximum atomic E-state index is 11.7. The number of aryl methyl sites for hydroxylation is 1. The minimum absolute atomic E-state index is 0.250. The van der Waals surface area contributed by atoms with Crippen molar-refractivity contribution in [3.8, 4) is 0 Å². The van der Waals surface area contributed by atoms with Gasteiger partial charge in [0.1, 0.15) is 0 Å². The van der Waals surface area contributed by atoms with E-state index < -0.39 is 6.10 Å². The minimum Gasteiger partial charge on any atom is -0.444 e. The number of aromatic nitrogens is 1. The van der Waals surface area contributed by atoms with Gasteiger partial charge in [0, 0.05) is 25.5 Å². The van der Waals surface area contributed by atoms with Crippen LogP contribution in [0, 0.1) is 0 Å². The van der Waals surface area contributed by atoms with Gasteiger partial charge in [-0.15, -0.1) is 0 Å². The molecule has 0 aliphatic heterocycles. The molecule has 19 heavy (non-hydrogen) atoms. The molecule has 6 heteroatoms. The number of amides is 1. The average Bonchev–Trinajstić information content (AvgIpc) is 2.97. The van der Waals surface area contributed by atoms with Gasteiger partial charge >= 0.3 is 0 Å². The highest BCUT2D eigenvalue weighted by atomic mass is 79.9. The maximum absolute atomic E-state index is 11.7. The summed E-state index contributed by atoms with van der Waals surface area (Å²) < 4.78 is 7.50. The monoisotopic (exact) mass is 326 g/mol.